The third kappa shape index (κ3) is 4.51. The van der Waals surface area contributed by atoms with E-state index in [0.29, 0.717) is 6.07 Å². The lowest BCUT2D eigenvalue weighted by molar-refractivity contribution is -0.132. The number of hydrogen-bond donors (Lipinski definition) is 2. The molecule has 1 saturated heterocycles. The highest BCUT2D eigenvalue weighted by molar-refractivity contribution is 9.10. The van der Waals surface area contributed by atoms with Crippen molar-refractivity contribution in [1.82, 2.24) is 4.90 Å². The molecule has 0 aliphatic carbocycles. The molecule has 4 N–H and O–H groups in total. The Bertz CT molecular complexity index is 830. The summed E-state index contributed by atoms with van der Waals surface area (Å²) in [5.74, 6) is -4.24. The molecule has 154 valence electrons. The van der Waals surface area contributed by atoms with Crippen molar-refractivity contribution in [1.29, 1.82) is 0 Å². The Hall–Kier alpha value is -2.43. The second kappa shape index (κ2) is 7.53. The summed E-state index contributed by atoms with van der Waals surface area (Å²) in [5.41, 5.74) is 7.99. The molecule has 3 amide bonds. The van der Waals surface area contributed by atoms with Crippen LogP contribution in [0.5, 0.6) is 5.75 Å². The number of ether oxygens (including phenoxy) is 2. The fraction of sp³-hybridized carbons (Fsp3) is 0.471. The topological polar surface area (TPSA) is 125 Å². The van der Waals surface area contributed by atoms with Gasteiger partial charge in [0.2, 0.25) is 11.5 Å². The van der Waals surface area contributed by atoms with Gasteiger partial charge in [-0.25, -0.2) is 13.6 Å². The maximum Gasteiger partial charge on any atom is 0.411 e. The summed E-state index contributed by atoms with van der Waals surface area (Å²) >= 11 is 2.91. The van der Waals surface area contributed by atoms with Crippen LogP contribution in [0.4, 0.5) is 13.6 Å². The van der Waals surface area contributed by atoms with Crippen molar-refractivity contribution in [3.05, 3.63) is 28.2 Å². The van der Waals surface area contributed by atoms with E-state index in [4.69, 9.17) is 20.9 Å². The average molecular weight is 464 g/mol. The van der Waals surface area contributed by atoms with E-state index < -0.39 is 59.8 Å². The maximum atomic E-state index is 13.8. The zero-order valence-electron chi connectivity index (χ0n) is 15.4. The van der Waals surface area contributed by atoms with Crippen LogP contribution in [-0.4, -0.2) is 46.6 Å². The van der Waals surface area contributed by atoms with Gasteiger partial charge >= 0.3 is 6.09 Å². The number of halogens is 3. The molecule has 1 aliphatic heterocycles. The molecule has 0 spiro atoms. The average Bonchev–Trinajstić information content (AvgIpc) is 2.92. The smallest absolute Gasteiger partial charge is 0.411 e. The predicted octanol–water partition coefficient (Wildman–Crippen LogP) is 1.82. The number of rotatable bonds is 4. The molecular formula is C17H20BrF2N3O5. The number of primary amides is 2. The lowest BCUT2D eigenvalue weighted by Crippen LogP contribution is -2.52. The van der Waals surface area contributed by atoms with Crippen LogP contribution in [0.15, 0.2) is 16.6 Å². The number of likely N-dealkylation sites (tertiary alicyclic amines) is 1. The number of nitrogens with zero attached hydrogens (tertiary/aromatic N) is 1. The molecule has 1 fully saturated rings. The van der Waals surface area contributed by atoms with Gasteiger partial charge in [-0.1, -0.05) is 0 Å². The Morgan fingerprint density at radius 2 is 1.86 bits per heavy atom. The highest BCUT2D eigenvalue weighted by Gasteiger charge is 2.55. The molecule has 2 rings (SSSR count). The van der Waals surface area contributed by atoms with E-state index in [1.807, 2.05) is 0 Å². The Morgan fingerprint density at radius 1 is 1.25 bits per heavy atom. The number of carbonyl (C=O) groups excluding carboxylic acids is 3. The summed E-state index contributed by atoms with van der Waals surface area (Å²) in [6.45, 7) is 4.36. The first-order chi connectivity index (χ1) is 12.8. The fourth-order valence-corrected chi connectivity index (χ4v) is 3.07. The number of benzene rings is 1. The van der Waals surface area contributed by atoms with E-state index in [2.05, 4.69) is 15.9 Å². The van der Waals surface area contributed by atoms with Crippen LogP contribution < -0.4 is 16.2 Å². The molecule has 8 nitrogen and oxygen atoms in total. The molecule has 1 aromatic rings. The predicted molar refractivity (Wildman–Crippen MR) is 97.2 cm³/mol. The van der Waals surface area contributed by atoms with Crippen molar-refractivity contribution >= 4 is 33.8 Å². The first-order valence-electron chi connectivity index (χ1n) is 8.18. The number of hydrogen-bond acceptors (Lipinski definition) is 5. The van der Waals surface area contributed by atoms with E-state index in [9.17, 15) is 23.2 Å². The summed E-state index contributed by atoms with van der Waals surface area (Å²) in [6.07, 6.45) is -1.31. The molecule has 28 heavy (non-hydrogen) atoms. The van der Waals surface area contributed by atoms with Gasteiger partial charge in [0.1, 0.15) is 29.0 Å². The molecule has 2 atom stereocenters. The third-order valence-electron chi connectivity index (χ3n) is 4.00. The van der Waals surface area contributed by atoms with Crippen molar-refractivity contribution in [2.24, 2.45) is 11.5 Å². The van der Waals surface area contributed by atoms with Gasteiger partial charge in [-0.15, -0.1) is 0 Å². The van der Waals surface area contributed by atoms with Crippen LogP contribution in [0.3, 0.4) is 0 Å². The molecular weight excluding hydrogens is 444 g/mol. The summed E-state index contributed by atoms with van der Waals surface area (Å²) in [6, 6.07) is 0.189. The number of amides is 3. The summed E-state index contributed by atoms with van der Waals surface area (Å²) in [4.78, 5) is 37.4. The van der Waals surface area contributed by atoms with Crippen molar-refractivity contribution < 1.29 is 32.6 Å². The van der Waals surface area contributed by atoms with Crippen LogP contribution >= 0.6 is 15.9 Å². The Balaban J connectivity index is 2.43. The summed E-state index contributed by atoms with van der Waals surface area (Å²) in [5, 5.41) is 0. The van der Waals surface area contributed by atoms with Crippen molar-refractivity contribution in [3.63, 3.8) is 0 Å². The lowest BCUT2D eigenvalue weighted by atomic mass is 9.98. The molecule has 0 bridgehead atoms. The minimum Gasteiger partial charge on any atom is -0.474 e. The molecule has 1 aliphatic rings. The highest BCUT2D eigenvalue weighted by Crippen LogP contribution is 2.37. The van der Waals surface area contributed by atoms with Crippen LogP contribution in [0.1, 0.15) is 27.2 Å². The molecule has 0 radical (unpaired) electrons. The highest BCUT2D eigenvalue weighted by atomic mass is 79.9. The lowest BCUT2D eigenvalue weighted by Gasteiger charge is -2.29. The van der Waals surface area contributed by atoms with E-state index in [1.54, 1.807) is 20.8 Å². The largest absolute Gasteiger partial charge is 0.474 e. The van der Waals surface area contributed by atoms with Gasteiger partial charge in [0, 0.05) is 18.6 Å². The van der Waals surface area contributed by atoms with E-state index in [-0.39, 0.29) is 10.2 Å². The van der Waals surface area contributed by atoms with Gasteiger partial charge in [-0.3, -0.25) is 14.5 Å². The summed E-state index contributed by atoms with van der Waals surface area (Å²) < 4.78 is 37.9. The molecule has 1 aromatic carbocycles. The minimum absolute atomic E-state index is 0.249. The molecule has 0 unspecified atom stereocenters. The van der Waals surface area contributed by atoms with Crippen LogP contribution in [-0.2, 0) is 14.3 Å². The normalized spacial score (nSPS) is 22.1. The Labute approximate surface area is 168 Å². The second-order valence-electron chi connectivity index (χ2n) is 7.39. The van der Waals surface area contributed by atoms with Gasteiger partial charge in [0.05, 0.1) is 11.0 Å². The molecule has 0 aromatic heterocycles. The quantitative estimate of drug-likeness (QED) is 0.658. The standard InChI is InChI=1S/C17H20BrF2N3O5/c1-16(2,3)28-15(26)23-7-17(14(22)25,6-10(23)13(21)24)27-11-5-8(19)4-9(20)12(11)18/h4-5,10H,6-7H2,1-3H3,(H2,21,24)(H2,22,25)/t10-,17+/m0/s1. The van der Waals surface area contributed by atoms with Crippen LogP contribution in [0, 0.1) is 11.6 Å². The minimum atomic E-state index is -1.95. The monoisotopic (exact) mass is 463 g/mol. The van der Waals surface area contributed by atoms with Crippen molar-refractivity contribution in [2.45, 2.75) is 44.4 Å². The first-order valence-corrected chi connectivity index (χ1v) is 8.97. The van der Waals surface area contributed by atoms with Crippen LogP contribution in [0.25, 0.3) is 0 Å². The van der Waals surface area contributed by atoms with Gasteiger partial charge in [0.25, 0.3) is 5.91 Å². The molecule has 0 saturated carbocycles. The Kier molecular flexibility index (Phi) is 5.88. The van der Waals surface area contributed by atoms with E-state index in [0.717, 1.165) is 11.0 Å². The van der Waals surface area contributed by atoms with Gasteiger partial charge in [-0.05, 0) is 36.7 Å². The number of carbonyl (C=O) groups is 3. The number of nitrogens with two attached hydrogens (primary N) is 2. The van der Waals surface area contributed by atoms with Gasteiger partial charge in [-0.2, -0.15) is 0 Å². The Morgan fingerprint density at radius 3 is 2.36 bits per heavy atom. The zero-order chi connectivity index (χ0) is 21.4. The van der Waals surface area contributed by atoms with Crippen LogP contribution in [0.2, 0.25) is 0 Å². The van der Waals surface area contributed by atoms with Gasteiger partial charge in [0.15, 0.2) is 0 Å². The second-order valence-corrected chi connectivity index (χ2v) is 8.18. The first kappa shape index (κ1) is 21.9. The van der Waals surface area contributed by atoms with Gasteiger partial charge < -0.3 is 20.9 Å². The third-order valence-corrected chi connectivity index (χ3v) is 4.77. The molecule has 11 heteroatoms. The van der Waals surface area contributed by atoms with E-state index >= 15 is 0 Å². The molecule has 1 heterocycles. The van der Waals surface area contributed by atoms with E-state index in [1.165, 1.54) is 0 Å². The van der Waals surface area contributed by atoms with Crippen molar-refractivity contribution in [2.75, 3.05) is 6.54 Å². The zero-order valence-corrected chi connectivity index (χ0v) is 17.0. The fourth-order valence-electron chi connectivity index (χ4n) is 2.76. The maximum absolute atomic E-state index is 13.8. The van der Waals surface area contributed by atoms with Crippen molar-refractivity contribution in [3.8, 4) is 5.75 Å². The SMILES string of the molecule is CC(C)(C)OC(=O)N1C[C@@](Oc2cc(F)cc(F)c2Br)(C(N)=O)C[C@H]1C(N)=O. The summed E-state index contributed by atoms with van der Waals surface area (Å²) in [7, 11) is 0.